The van der Waals surface area contributed by atoms with Crippen LogP contribution in [0.15, 0.2) is 64.9 Å². The minimum absolute atomic E-state index is 0.00574. The zero-order chi connectivity index (χ0) is 19.4. The number of benzene rings is 1. The molecule has 3 aromatic rings. The highest BCUT2D eigenvalue weighted by molar-refractivity contribution is 8.13. The van der Waals surface area contributed by atoms with E-state index in [1.54, 1.807) is 13.2 Å². The number of halogens is 1. The van der Waals surface area contributed by atoms with Gasteiger partial charge in [-0.3, -0.25) is 25.4 Å². The van der Waals surface area contributed by atoms with Gasteiger partial charge in [-0.05, 0) is 30.3 Å². The summed E-state index contributed by atoms with van der Waals surface area (Å²) in [5.41, 5.74) is 6.97. The molecule has 1 aromatic carbocycles. The van der Waals surface area contributed by atoms with Crippen molar-refractivity contribution in [3.8, 4) is 0 Å². The fraction of sp³-hybridized carbons (Fsp3) is 0.0526. The maximum Gasteiger partial charge on any atom is 0.171 e. The van der Waals surface area contributed by atoms with Crippen molar-refractivity contribution < 1.29 is 4.39 Å². The maximum atomic E-state index is 14.2. The average molecular weight is 380 g/mol. The number of rotatable bonds is 3. The average Bonchev–Trinajstić information content (AvgIpc) is 2.68. The lowest BCUT2D eigenvalue weighted by Gasteiger charge is -2.12. The third kappa shape index (κ3) is 3.95. The first-order valence-electron chi connectivity index (χ1n) is 7.96. The lowest BCUT2D eigenvalue weighted by atomic mass is 10.1. The van der Waals surface area contributed by atoms with E-state index in [9.17, 15) is 4.39 Å². The zero-order valence-corrected chi connectivity index (χ0v) is 15.3. The molecule has 0 fully saturated rings. The van der Waals surface area contributed by atoms with E-state index in [4.69, 9.17) is 16.6 Å². The van der Waals surface area contributed by atoms with Gasteiger partial charge in [-0.15, -0.1) is 0 Å². The number of hydrogen-bond donors (Lipinski definition) is 3. The van der Waals surface area contributed by atoms with Gasteiger partial charge in [-0.2, -0.15) is 0 Å². The van der Waals surface area contributed by atoms with Crippen LogP contribution in [0.4, 0.5) is 4.39 Å². The summed E-state index contributed by atoms with van der Waals surface area (Å²) in [5.74, 6) is -0.746. The van der Waals surface area contributed by atoms with E-state index in [1.165, 1.54) is 29.2 Å². The van der Waals surface area contributed by atoms with Crippen LogP contribution in [0.2, 0.25) is 0 Å². The smallest absolute Gasteiger partial charge is 0.171 e. The van der Waals surface area contributed by atoms with Crippen molar-refractivity contribution in [2.45, 2.75) is 4.90 Å². The van der Waals surface area contributed by atoms with E-state index in [2.05, 4.69) is 9.98 Å². The first kappa shape index (κ1) is 18.5. The van der Waals surface area contributed by atoms with Crippen LogP contribution in [0, 0.1) is 16.6 Å². The van der Waals surface area contributed by atoms with E-state index >= 15 is 0 Å². The maximum absolute atomic E-state index is 14.2. The van der Waals surface area contributed by atoms with Crippen molar-refractivity contribution in [1.82, 2.24) is 9.55 Å². The van der Waals surface area contributed by atoms with Gasteiger partial charge in [-0.25, -0.2) is 4.39 Å². The standard InChI is InChI=1S/C19H17FN6S/c1-24-10-14(9-21)13-8-16(20)18(22)26(11-13)19(23)27-15-4-5-17-12(7-15)3-2-6-25-17/h2-11,22-23H,21H2,1H3. The summed E-state index contributed by atoms with van der Waals surface area (Å²) in [6, 6.07) is 10.6. The molecular formula is C19H17FN6S. The molecule has 0 spiro atoms. The molecule has 0 atom stereocenters. The largest absolute Gasteiger partial charge is 0.404 e. The third-order valence-corrected chi connectivity index (χ3v) is 4.69. The molecule has 0 aliphatic rings. The van der Waals surface area contributed by atoms with Crippen molar-refractivity contribution in [3.63, 3.8) is 0 Å². The van der Waals surface area contributed by atoms with E-state index in [-0.39, 0.29) is 5.17 Å². The summed E-state index contributed by atoms with van der Waals surface area (Å²) < 4.78 is 15.4. The van der Waals surface area contributed by atoms with Gasteiger partial charge in [0.15, 0.2) is 16.5 Å². The van der Waals surface area contributed by atoms with Crippen molar-refractivity contribution in [2.24, 2.45) is 10.7 Å². The third-order valence-electron chi connectivity index (χ3n) is 3.81. The molecule has 27 heavy (non-hydrogen) atoms. The summed E-state index contributed by atoms with van der Waals surface area (Å²) in [5, 5.41) is 17.2. The van der Waals surface area contributed by atoms with E-state index in [1.807, 2.05) is 30.3 Å². The Bertz CT molecular complexity index is 1130. The molecule has 4 N–H and O–H groups in total. The number of allylic oxidation sites excluding steroid dienone is 1. The first-order chi connectivity index (χ1) is 13.0. The van der Waals surface area contributed by atoms with E-state index in [0.29, 0.717) is 11.1 Å². The number of nitrogens with one attached hydrogen (secondary N) is 2. The highest BCUT2D eigenvalue weighted by Gasteiger charge is 2.11. The number of nitrogens with zero attached hydrogens (tertiary/aromatic N) is 3. The molecule has 3 rings (SSSR count). The Kier molecular flexibility index (Phi) is 5.46. The van der Waals surface area contributed by atoms with Crippen LogP contribution in [-0.4, -0.2) is 28.0 Å². The molecule has 0 unspecified atom stereocenters. The van der Waals surface area contributed by atoms with Crippen molar-refractivity contribution >= 4 is 39.6 Å². The SMILES string of the molecule is CN=CC(=CN)c1cc(F)c(=N)n(C(=N)Sc2ccc3ncccc3c2)c1. The van der Waals surface area contributed by atoms with Gasteiger partial charge in [-0.1, -0.05) is 17.8 Å². The summed E-state index contributed by atoms with van der Waals surface area (Å²) in [6.07, 6.45) is 6.03. The molecule has 8 heteroatoms. The van der Waals surface area contributed by atoms with Crippen molar-refractivity contribution in [3.05, 3.63) is 71.9 Å². The van der Waals surface area contributed by atoms with Crippen LogP contribution in [0.25, 0.3) is 16.5 Å². The molecule has 0 saturated heterocycles. The normalized spacial score (nSPS) is 12.0. The van der Waals surface area contributed by atoms with Gasteiger partial charge in [0.25, 0.3) is 0 Å². The summed E-state index contributed by atoms with van der Waals surface area (Å²) in [7, 11) is 1.58. The molecule has 0 aliphatic heterocycles. The van der Waals surface area contributed by atoms with Gasteiger partial charge in [0, 0.05) is 53.3 Å². The Morgan fingerprint density at radius 3 is 2.89 bits per heavy atom. The predicted octanol–water partition coefficient (Wildman–Crippen LogP) is 3.23. The Morgan fingerprint density at radius 1 is 1.33 bits per heavy atom. The van der Waals surface area contributed by atoms with E-state index < -0.39 is 11.3 Å². The Balaban J connectivity index is 1.97. The van der Waals surface area contributed by atoms with Crippen LogP contribution in [0.5, 0.6) is 0 Å². The number of hydrogen-bond acceptors (Lipinski definition) is 6. The second-order valence-electron chi connectivity index (χ2n) is 5.57. The monoisotopic (exact) mass is 380 g/mol. The van der Waals surface area contributed by atoms with Crippen LogP contribution in [0.1, 0.15) is 5.56 Å². The van der Waals surface area contributed by atoms with Gasteiger partial charge < -0.3 is 5.73 Å². The van der Waals surface area contributed by atoms with Crippen molar-refractivity contribution in [1.29, 1.82) is 10.8 Å². The Hall–Kier alpha value is -3.26. The molecule has 2 aromatic heterocycles. The van der Waals surface area contributed by atoms with Crippen LogP contribution in [0.3, 0.4) is 0 Å². The highest BCUT2D eigenvalue weighted by Crippen LogP contribution is 2.24. The lowest BCUT2D eigenvalue weighted by Crippen LogP contribution is -2.27. The summed E-state index contributed by atoms with van der Waals surface area (Å²) >= 11 is 1.12. The number of fused-ring (bicyclic) bond motifs is 1. The molecule has 0 bridgehead atoms. The summed E-state index contributed by atoms with van der Waals surface area (Å²) in [4.78, 5) is 8.95. The van der Waals surface area contributed by atoms with Crippen molar-refractivity contribution in [2.75, 3.05) is 7.05 Å². The molecule has 136 valence electrons. The van der Waals surface area contributed by atoms with Gasteiger partial charge in [0.1, 0.15) is 0 Å². The molecule has 6 nitrogen and oxygen atoms in total. The van der Waals surface area contributed by atoms with Gasteiger partial charge in [0.05, 0.1) is 5.52 Å². The molecule has 0 aliphatic carbocycles. The minimum Gasteiger partial charge on any atom is -0.404 e. The van der Waals surface area contributed by atoms with Gasteiger partial charge in [0.2, 0.25) is 0 Å². The van der Waals surface area contributed by atoms with Gasteiger partial charge >= 0.3 is 0 Å². The number of nitrogens with two attached hydrogens (primary N) is 1. The van der Waals surface area contributed by atoms with Crippen LogP contribution >= 0.6 is 11.8 Å². The number of aliphatic imine (C=N–C) groups is 1. The zero-order valence-electron chi connectivity index (χ0n) is 14.5. The predicted molar refractivity (Wildman–Crippen MR) is 108 cm³/mol. The summed E-state index contributed by atoms with van der Waals surface area (Å²) in [6.45, 7) is 0. The Labute approximate surface area is 159 Å². The molecule has 0 saturated carbocycles. The second-order valence-corrected chi connectivity index (χ2v) is 6.63. The van der Waals surface area contributed by atoms with E-state index in [0.717, 1.165) is 27.6 Å². The van der Waals surface area contributed by atoms with Crippen LogP contribution < -0.4 is 11.2 Å². The molecule has 0 radical (unpaired) electrons. The number of thioether (sulfide) groups is 1. The molecule has 0 amide bonds. The number of pyridine rings is 2. The first-order valence-corrected chi connectivity index (χ1v) is 8.78. The fourth-order valence-electron chi connectivity index (χ4n) is 2.51. The van der Waals surface area contributed by atoms with Crippen LogP contribution in [-0.2, 0) is 0 Å². The number of aromatic nitrogens is 2. The lowest BCUT2D eigenvalue weighted by molar-refractivity contribution is 0.590. The highest BCUT2D eigenvalue weighted by atomic mass is 32.2. The Morgan fingerprint density at radius 2 is 2.15 bits per heavy atom. The molecular weight excluding hydrogens is 363 g/mol. The fourth-order valence-corrected chi connectivity index (χ4v) is 3.30. The quantitative estimate of drug-likeness (QED) is 0.369. The molecule has 2 heterocycles. The minimum atomic E-state index is -0.746. The topological polar surface area (TPSA) is 104 Å². The second kappa shape index (κ2) is 7.96.